The van der Waals surface area contributed by atoms with E-state index in [0.717, 1.165) is 17.7 Å². The number of hydrogen-bond donors (Lipinski definition) is 0. The lowest BCUT2D eigenvalue weighted by Gasteiger charge is -2.18. The summed E-state index contributed by atoms with van der Waals surface area (Å²) in [6.07, 6.45) is 0.778. The first-order chi connectivity index (χ1) is 9.74. The van der Waals surface area contributed by atoms with Gasteiger partial charge in [0.15, 0.2) is 0 Å². The van der Waals surface area contributed by atoms with Crippen LogP contribution in [0.1, 0.15) is 18.9 Å². The van der Waals surface area contributed by atoms with E-state index in [1.807, 2.05) is 37.3 Å². The van der Waals surface area contributed by atoms with Crippen LogP contribution in [0.4, 0.5) is 0 Å². The van der Waals surface area contributed by atoms with Gasteiger partial charge in [-0.1, -0.05) is 37.3 Å². The van der Waals surface area contributed by atoms with Gasteiger partial charge in [0.1, 0.15) is 0 Å². The third-order valence-electron chi connectivity index (χ3n) is 3.30. The second-order valence-electron chi connectivity index (χ2n) is 4.64. The van der Waals surface area contributed by atoms with Crippen LogP contribution >= 0.6 is 0 Å². The first kappa shape index (κ1) is 14.2. The first-order valence-corrected chi connectivity index (χ1v) is 6.77. The highest BCUT2D eigenvalue weighted by molar-refractivity contribution is 6.02. The summed E-state index contributed by atoms with van der Waals surface area (Å²) >= 11 is 0. The molecule has 5 heteroatoms. The molecule has 0 atom stereocenters. The first-order valence-electron chi connectivity index (χ1n) is 6.77. The molecule has 0 radical (unpaired) electrons. The number of carbonyl (C=O) groups excluding carboxylic acids is 1. The summed E-state index contributed by atoms with van der Waals surface area (Å²) in [5, 5.41) is 14.6. The molecule has 0 saturated heterocycles. The number of benzene rings is 1. The summed E-state index contributed by atoms with van der Waals surface area (Å²) in [6, 6.07) is 12.0. The molecule has 0 spiro atoms. The van der Waals surface area contributed by atoms with E-state index >= 15 is 0 Å². The van der Waals surface area contributed by atoms with E-state index in [1.165, 1.54) is 5.01 Å². The van der Waals surface area contributed by atoms with Gasteiger partial charge in [-0.3, -0.25) is 9.69 Å². The smallest absolute Gasteiger partial charge is 0.256 e. The number of nitrogens with zero attached hydrogens (tertiary/aromatic N) is 4. The number of carbonyl (C=O) groups is 1. The fourth-order valence-corrected chi connectivity index (χ4v) is 2.12. The van der Waals surface area contributed by atoms with Crippen molar-refractivity contribution in [2.45, 2.75) is 13.3 Å². The molecule has 0 N–H and O–H groups in total. The van der Waals surface area contributed by atoms with Gasteiger partial charge in [-0.2, -0.15) is 10.4 Å². The molecule has 0 bridgehead atoms. The van der Waals surface area contributed by atoms with Crippen LogP contribution in [-0.4, -0.2) is 47.7 Å². The molecule has 1 aromatic carbocycles. The fraction of sp³-hybridized carbons (Fsp3) is 0.400. The Bertz CT molecular complexity index is 533. The molecule has 5 nitrogen and oxygen atoms in total. The average molecular weight is 270 g/mol. The van der Waals surface area contributed by atoms with Gasteiger partial charge in [-0.15, -0.1) is 0 Å². The largest absolute Gasteiger partial charge is 0.282 e. The molecule has 0 fully saturated rings. The minimum Gasteiger partial charge on any atom is -0.282 e. The number of nitriles is 1. The van der Waals surface area contributed by atoms with Crippen LogP contribution in [0.25, 0.3) is 0 Å². The van der Waals surface area contributed by atoms with Crippen LogP contribution in [0.5, 0.6) is 0 Å². The molecule has 1 aliphatic heterocycles. The van der Waals surface area contributed by atoms with Crippen LogP contribution in [0, 0.1) is 11.3 Å². The maximum atomic E-state index is 12.1. The standard InChI is InChI=1S/C15H18N4O/c1-2-18(11-9-16)12-15(20)19-10-8-14(17-19)13-6-4-3-5-7-13/h3-7H,2,8,10-12H2,1H3. The fourth-order valence-electron chi connectivity index (χ4n) is 2.12. The van der Waals surface area contributed by atoms with Gasteiger partial charge in [0, 0.05) is 6.42 Å². The summed E-state index contributed by atoms with van der Waals surface area (Å²) < 4.78 is 0. The predicted molar refractivity (Wildman–Crippen MR) is 77.0 cm³/mol. The second-order valence-corrected chi connectivity index (χ2v) is 4.64. The zero-order chi connectivity index (χ0) is 14.4. The van der Waals surface area contributed by atoms with E-state index in [1.54, 1.807) is 4.90 Å². The molecule has 0 saturated carbocycles. The van der Waals surface area contributed by atoms with Crippen molar-refractivity contribution in [3.8, 4) is 6.07 Å². The lowest BCUT2D eigenvalue weighted by atomic mass is 10.1. The number of hydrazone groups is 1. The van der Waals surface area contributed by atoms with Gasteiger partial charge < -0.3 is 0 Å². The van der Waals surface area contributed by atoms with Crippen molar-refractivity contribution in [2.75, 3.05) is 26.2 Å². The van der Waals surface area contributed by atoms with Gasteiger partial charge in [-0.25, -0.2) is 5.01 Å². The van der Waals surface area contributed by atoms with Crippen LogP contribution in [0.15, 0.2) is 35.4 Å². The second kappa shape index (κ2) is 6.83. The molecule has 20 heavy (non-hydrogen) atoms. The molecule has 0 aromatic heterocycles. The Hall–Kier alpha value is -2.19. The highest BCUT2D eigenvalue weighted by Gasteiger charge is 2.22. The van der Waals surface area contributed by atoms with Gasteiger partial charge >= 0.3 is 0 Å². The normalized spacial score (nSPS) is 14.2. The van der Waals surface area contributed by atoms with Crippen molar-refractivity contribution in [3.05, 3.63) is 35.9 Å². The van der Waals surface area contributed by atoms with E-state index in [2.05, 4.69) is 11.2 Å². The Morgan fingerprint density at radius 3 is 2.85 bits per heavy atom. The molecule has 0 unspecified atom stereocenters. The molecule has 1 heterocycles. The number of amides is 1. The molecule has 104 valence electrons. The Morgan fingerprint density at radius 1 is 1.45 bits per heavy atom. The van der Waals surface area contributed by atoms with Crippen LogP contribution in [-0.2, 0) is 4.79 Å². The van der Waals surface area contributed by atoms with Crippen molar-refractivity contribution in [2.24, 2.45) is 5.10 Å². The maximum absolute atomic E-state index is 12.1. The molecule has 0 aliphatic carbocycles. The van der Waals surface area contributed by atoms with E-state index < -0.39 is 0 Å². The average Bonchev–Trinajstić information content (AvgIpc) is 2.97. The monoisotopic (exact) mass is 270 g/mol. The van der Waals surface area contributed by atoms with Gasteiger partial charge in [-0.05, 0) is 12.1 Å². The third-order valence-corrected chi connectivity index (χ3v) is 3.30. The van der Waals surface area contributed by atoms with Gasteiger partial charge in [0.25, 0.3) is 5.91 Å². The molecular weight excluding hydrogens is 252 g/mol. The number of likely N-dealkylation sites (N-methyl/N-ethyl adjacent to an activating group) is 1. The molecule has 1 amide bonds. The highest BCUT2D eigenvalue weighted by atomic mass is 16.2. The minimum absolute atomic E-state index is 0.0481. The van der Waals surface area contributed by atoms with E-state index in [4.69, 9.17) is 5.26 Å². The van der Waals surface area contributed by atoms with Crippen LogP contribution in [0.2, 0.25) is 0 Å². The third kappa shape index (κ3) is 3.43. The molecular formula is C15H18N4O. The van der Waals surface area contributed by atoms with Crippen molar-refractivity contribution in [3.63, 3.8) is 0 Å². The van der Waals surface area contributed by atoms with E-state index in [9.17, 15) is 4.79 Å². The quantitative estimate of drug-likeness (QED) is 0.761. The van der Waals surface area contributed by atoms with Crippen LogP contribution in [0.3, 0.4) is 0 Å². The maximum Gasteiger partial charge on any atom is 0.256 e. The predicted octanol–water partition coefficient (Wildman–Crippen LogP) is 1.47. The molecule has 1 aromatic rings. The summed E-state index contributed by atoms with van der Waals surface area (Å²) in [7, 11) is 0. The Kier molecular flexibility index (Phi) is 4.85. The zero-order valence-electron chi connectivity index (χ0n) is 11.6. The minimum atomic E-state index is -0.0481. The summed E-state index contributed by atoms with van der Waals surface area (Å²) in [6.45, 7) is 3.75. The Morgan fingerprint density at radius 2 is 2.20 bits per heavy atom. The molecule has 2 rings (SSSR count). The molecule has 1 aliphatic rings. The summed E-state index contributed by atoms with van der Waals surface area (Å²) in [5.41, 5.74) is 2.01. The van der Waals surface area contributed by atoms with Crippen molar-refractivity contribution in [1.29, 1.82) is 5.26 Å². The van der Waals surface area contributed by atoms with Crippen molar-refractivity contribution in [1.82, 2.24) is 9.91 Å². The number of hydrogen-bond acceptors (Lipinski definition) is 4. The SMILES string of the molecule is CCN(CC#N)CC(=O)N1CCC(c2ccccc2)=N1. The lowest BCUT2D eigenvalue weighted by molar-refractivity contribution is -0.131. The Balaban J connectivity index is 1.99. The van der Waals surface area contributed by atoms with Crippen LogP contribution < -0.4 is 0 Å². The highest BCUT2D eigenvalue weighted by Crippen LogP contribution is 2.13. The lowest BCUT2D eigenvalue weighted by Crippen LogP contribution is -2.37. The topological polar surface area (TPSA) is 59.7 Å². The van der Waals surface area contributed by atoms with Gasteiger partial charge in [0.05, 0.1) is 31.4 Å². The summed E-state index contributed by atoms with van der Waals surface area (Å²) in [5.74, 6) is -0.0481. The Labute approximate surface area is 119 Å². The van der Waals surface area contributed by atoms with Gasteiger partial charge in [0.2, 0.25) is 0 Å². The van der Waals surface area contributed by atoms with Crippen molar-refractivity contribution >= 4 is 11.6 Å². The number of rotatable bonds is 5. The van der Waals surface area contributed by atoms with Crippen molar-refractivity contribution < 1.29 is 4.79 Å². The van der Waals surface area contributed by atoms with E-state index in [-0.39, 0.29) is 19.0 Å². The summed E-state index contributed by atoms with van der Waals surface area (Å²) in [4.78, 5) is 13.9. The zero-order valence-corrected chi connectivity index (χ0v) is 11.6. The van der Waals surface area contributed by atoms with E-state index in [0.29, 0.717) is 13.1 Å².